The van der Waals surface area contributed by atoms with Crippen LogP contribution < -0.4 is 4.74 Å². The number of unbranched alkanes of at least 4 members (excludes halogenated alkanes) is 2. The molecule has 0 saturated carbocycles. The highest BCUT2D eigenvalue weighted by molar-refractivity contribution is 5.53. The minimum absolute atomic E-state index is 0.0344. The Labute approximate surface area is 139 Å². The lowest BCUT2D eigenvalue weighted by molar-refractivity contribution is 0.00801. The summed E-state index contributed by atoms with van der Waals surface area (Å²) in [5.41, 5.74) is 1.69. The third-order valence-corrected chi connectivity index (χ3v) is 5.37. The maximum atomic E-state index is 10.6. The highest BCUT2D eigenvalue weighted by atomic mass is 16.5. The molecule has 2 aliphatic rings. The molecule has 1 aliphatic carbocycles. The van der Waals surface area contributed by atoms with Crippen LogP contribution in [0.2, 0.25) is 0 Å². The molecule has 2 atom stereocenters. The number of phenolic OH excluding ortho intramolecular Hbond substituents is 1. The van der Waals surface area contributed by atoms with E-state index >= 15 is 0 Å². The van der Waals surface area contributed by atoms with Crippen molar-refractivity contribution < 1.29 is 14.9 Å². The van der Waals surface area contributed by atoms with Gasteiger partial charge in [-0.1, -0.05) is 19.8 Å². The number of fused-ring (bicyclic) bond motifs is 3. The van der Waals surface area contributed by atoms with Crippen molar-refractivity contribution in [2.75, 3.05) is 0 Å². The van der Waals surface area contributed by atoms with Crippen LogP contribution in [-0.4, -0.2) is 15.8 Å². The largest absolute Gasteiger partial charge is 0.513 e. The van der Waals surface area contributed by atoms with E-state index in [1.807, 2.05) is 12.1 Å². The Morgan fingerprint density at radius 3 is 2.74 bits per heavy atom. The van der Waals surface area contributed by atoms with E-state index in [0.29, 0.717) is 17.9 Å². The van der Waals surface area contributed by atoms with Gasteiger partial charge in [-0.25, -0.2) is 0 Å². The summed E-state index contributed by atoms with van der Waals surface area (Å²) in [5, 5.41) is 20.6. The van der Waals surface area contributed by atoms with Crippen LogP contribution in [0.3, 0.4) is 0 Å². The van der Waals surface area contributed by atoms with Crippen molar-refractivity contribution in [3.8, 4) is 11.5 Å². The van der Waals surface area contributed by atoms with E-state index in [1.54, 1.807) is 0 Å². The molecule has 23 heavy (non-hydrogen) atoms. The Hall–Kier alpha value is -1.64. The Morgan fingerprint density at radius 2 is 2.00 bits per heavy atom. The van der Waals surface area contributed by atoms with Gasteiger partial charge in [0.25, 0.3) is 0 Å². The number of phenols is 1. The van der Waals surface area contributed by atoms with Crippen LogP contribution in [0.5, 0.6) is 11.5 Å². The van der Waals surface area contributed by atoms with Gasteiger partial charge in [0.1, 0.15) is 17.1 Å². The van der Waals surface area contributed by atoms with E-state index in [1.165, 1.54) is 12.8 Å². The number of hydrogen-bond donors (Lipinski definition) is 2. The average molecular weight is 316 g/mol. The monoisotopic (exact) mass is 316 g/mol. The predicted molar refractivity (Wildman–Crippen MR) is 92.2 cm³/mol. The van der Waals surface area contributed by atoms with Crippen molar-refractivity contribution >= 4 is 0 Å². The summed E-state index contributed by atoms with van der Waals surface area (Å²) >= 11 is 0. The van der Waals surface area contributed by atoms with E-state index < -0.39 is 0 Å². The summed E-state index contributed by atoms with van der Waals surface area (Å²) < 4.78 is 6.28. The first-order valence-corrected chi connectivity index (χ1v) is 8.87. The fourth-order valence-electron chi connectivity index (χ4n) is 4.12. The molecule has 1 heterocycles. The average Bonchev–Trinajstić information content (AvgIpc) is 2.46. The zero-order valence-electron chi connectivity index (χ0n) is 14.4. The molecule has 1 aliphatic heterocycles. The number of hydrogen-bond acceptors (Lipinski definition) is 3. The zero-order chi connectivity index (χ0) is 16.6. The van der Waals surface area contributed by atoms with Gasteiger partial charge in [0, 0.05) is 23.8 Å². The Balaban J connectivity index is 1.99. The second-order valence-electron chi connectivity index (χ2n) is 7.52. The molecule has 0 amide bonds. The van der Waals surface area contributed by atoms with Gasteiger partial charge in [0.15, 0.2) is 0 Å². The fourth-order valence-corrected chi connectivity index (χ4v) is 4.12. The van der Waals surface area contributed by atoms with E-state index in [-0.39, 0.29) is 17.4 Å². The van der Waals surface area contributed by atoms with Crippen LogP contribution in [0, 0.1) is 5.92 Å². The van der Waals surface area contributed by atoms with Crippen LogP contribution in [0.4, 0.5) is 0 Å². The molecule has 1 aromatic rings. The third-order valence-electron chi connectivity index (χ3n) is 5.37. The van der Waals surface area contributed by atoms with Crippen LogP contribution in [0.1, 0.15) is 69.9 Å². The smallest absolute Gasteiger partial charge is 0.127 e. The maximum absolute atomic E-state index is 10.6. The van der Waals surface area contributed by atoms with Gasteiger partial charge < -0.3 is 14.9 Å². The predicted octanol–water partition coefficient (Wildman–Crippen LogP) is 5.23. The van der Waals surface area contributed by atoms with E-state index in [9.17, 15) is 10.2 Å². The quantitative estimate of drug-likeness (QED) is 0.748. The molecule has 0 radical (unpaired) electrons. The standard InChI is InChI=1S/C20H28O3/c1-4-5-6-7-13-10-17(22)19-15-12-14(21)8-9-16(15)20(2,3)23-18(19)11-13/h10-12,15-16,21-22H,4-9H2,1-3H3/t15-,16-/m1/s1. The molecule has 126 valence electrons. The number of ether oxygens (including phenoxy) is 1. The summed E-state index contributed by atoms with van der Waals surface area (Å²) in [4.78, 5) is 0. The van der Waals surface area contributed by atoms with Gasteiger partial charge in [-0.3, -0.25) is 0 Å². The number of aliphatic hydroxyl groups excluding tert-OH is 1. The van der Waals surface area contributed by atoms with Crippen LogP contribution >= 0.6 is 0 Å². The van der Waals surface area contributed by atoms with Crippen LogP contribution in [0.15, 0.2) is 24.0 Å². The zero-order valence-corrected chi connectivity index (χ0v) is 14.4. The summed E-state index contributed by atoms with van der Waals surface area (Å²) in [7, 11) is 0. The highest BCUT2D eigenvalue weighted by Gasteiger charge is 2.45. The van der Waals surface area contributed by atoms with Crippen molar-refractivity contribution in [3.63, 3.8) is 0 Å². The number of allylic oxidation sites excluding steroid dienone is 2. The Bertz CT molecular complexity index is 616. The van der Waals surface area contributed by atoms with Crippen molar-refractivity contribution in [2.45, 2.75) is 70.8 Å². The second-order valence-corrected chi connectivity index (χ2v) is 7.52. The SMILES string of the molecule is CCCCCc1cc(O)c2c(c1)OC(C)(C)[C@@H]1CCC(O)=C[C@@H]21. The van der Waals surface area contributed by atoms with E-state index in [0.717, 1.165) is 36.1 Å². The Morgan fingerprint density at radius 1 is 1.22 bits per heavy atom. The van der Waals surface area contributed by atoms with Crippen LogP contribution in [-0.2, 0) is 6.42 Å². The van der Waals surface area contributed by atoms with E-state index in [4.69, 9.17) is 4.74 Å². The number of aromatic hydroxyl groups is 1. The summed E-state index contributed by atoms with van der Waals surface area (Å²) in [6, 6.07) is 3.97. The van der Waals surface area contributed by atoms with E-state index in [2.05, 4.69) is 26.8 Å². The molecule has 0 bridgehead atoms. The summed E-state index contributed by atoms with van der Waals surface area (Å²) in [5.74, 6) is 1.84. The molecule has 0 unspecified atom stereocenters. The molecule has 0 spiro atoms. The third kappa shape index (κ3) is 3.06. The van der Waals surface area contributed by atoms with Gasteiger partial charge in [0.05, 0.1) is 5.76 Å². The summed E-state index contributed by atoms with van der Waals surface area (Å²) in [6.07, 6.45) is 7.97. The Kier molecular flexibility index (Phi) is 4.31. The molecular formula is C20H28O3. The number of rotatable bonds is 4. The second kappa shape index (κ2) is 6.10. The van der Waals surface area contributed by atoms with Gasteiger partial charge in [0.2, 0.25) is 0 Å². The minimum Gasteiger partial charge on any atom is -0.513 e. The van der Waals surface area contributed by atoms with Gasteiger partial charge in [-0.05, 0) is 56.9 Å². The first kappa shape index (κ1) is 16.2. The topological polar surface area (TPSA) is 49.7 Å². The van der Waals surface area contributed by atoms with Crippen molar-refractivity contribution in [3.05, 3.63) is 35.1 Å². The fraction of sp³-hybridized carbons (Fsp3) is 0.600. The van der Waals surface area contributed by atoms with Crippen LogP contribution in [0.25, 0.3) is 0 Å². The first-order valence-electron chi connectivity index (χ1n) is 8.87. The number of benzene rings is 1. The molecule has 2 N–H and O–H groups in total. The molecule has 3 nitrogen and oxygen atoms in total. The number of aliphatic hydroxyl groups is 1. The van der Waals surface area contributed by atoms with Crippen molar-refractivity contribution in [1.29, 1.82) is 0 Å². The molecule has 3 rings (SSSR count). The van der Waals surface area contributed by atoms with Gasteiger partial charge >= 0.3 is 0 Å². The van der Waals surface area contributed by atoms with Gasteiger partial charge in [-0.2, -0.15) is 0 Å². The normalized spacial score (nSPS) is 25.1. The molecule has 0 saturated heterocycles. The highest BCUT2D eigenvalue weighted by Crippen LogP contribution is 2.53. The minimum atomic E-state index is -0.288. The maximum Gasteiger partial charge on any atom is 0.127 e. The molecule has 3 heteroatoms. The lowest BCUT2D eigenvalue weighted by Gasteiger charge is -2.46. The molecule has 0 aromatic heterocycles. The lowest BCUT2D eigenvalue weighted by Crippen LogP contribution is -2.45. The molecule has 1 aromatic carbocycles. The lowest BCUT2D eigenvalue weighted by atomic mass is 9.69. The van der Waals surface area contributed by atoms with Crippen molar-refractivity contribution in [2.24, 2.45) is 5.92 Å². The molecule has 0 fully saturated rings. The first-order chi connectivity index (χ1) is 10.9. The van der Waals surface area contributed by atoms with Gasteiger partial charge in [-0.15, -0.1) is 0 Å². The van der Waals surface area contributed by atoms with Crippen molar-refractivity contribution in [1.82, 2.24) is 0 Å². The summed E-state index contributed by atoms with van der Waals surface area (Å²) in [6.45, 7) is 6.42. The molecular weight excluding hydrogens is 288 g/mol. The number of aryl methyl sites for hydroxylation is 1.